The van der Waals surface area contributed by atoms with E-state index >= 15 is 0 Å². The maximum absolute atomic E-state index is 5.41. The van der Waals surface area contributed by atoms with Crippen LogP contribution in [0.2, 0.25) is 0 Å². The molecule has 0 aromatic heterocycles. The van der Waals surface area contributed by atoms with E-state index in [4.69, 9.17) is 4.74 Å². The van der Waals surface area contributed by atoms with Crippen LogP contribution in [0.3, 0.4) is 0 Å². The number of likely N-dealkylation sites (tertiary alicyclic amines) is 1. The Labute approximate surface area is 112 Å². The van der Waals surface area contributed by atoms with E-state index in [0.29, 0.717) is 6.10 Å². The number of rotatable bonds is 6. The van der Waals surface area contributed by atoms with Gasteiger partial charge in [0.25, 0.3) is 0 Å². The molecule has 0 amide bonds. The van der Waals surface area contributed by atoms with Crippen molar-refractivity contribution >= 4 is 0 Å². The zero-order valence-corrected chi connectivity index (χ0v) is 12.0. The molecule has 0 spiro atoms. The third kappa shape index (κ3) is 4.87. The minimum Gasteiger partial charge on any atom is -0.381 e. The van der Waals surface area contributed by atoms with Gasteiger partial charge in [-0.15, -0.1) is 0 Å². The molecule has 0 radical (unpaired) electrons. The Bertz CT molecular complexity index is 209. The molecular formula is C15H30N2O. The van der Waals surface area contributed by atoms with Gasteiger partial charge in [-0.2, -0.15) is 0 Å². The van der Waals surface area contributed by atoms with Crippen LogP contribution in [0.1, 0.15) is 51.4 Å². The normalized spacial score (nSPS) is 30.5. The van der Waals surface area contributed by atoms with E-state index in [1.165, 1.54) is 77.5 Å². The number of piperidine rings is 1. The molecule has 3 nitrogen and oxygen atoms in total. The topological polar surface area (TPSA) is 24.5 Å². The van der Waals surface area contributed by atoms with Crippen LogP contribution in [0.15, 0.2) is 0 Å². The summed E-state index contributed by atoms with van der Waals surface area (Å²) in [6.45, 7) is 5.15. The van der Waals surface area contributed by atoms with Crippen molar-refractivity contribution in [2.75, 3.05) is 33.3 Å². The predicted octanol–water partition coefficient (Wildman–Crippen LogP) is 2.41. The van der Waals surface area contributed by atoms with Gasteiger partial charge in [0.2, 0.25) is 0 Å². The molecule has 106 valence electrons. The first-order chi connectivity index (χ1) is 8.88. The summed E-state index contributed by atoms with van der Waals surface area (Å²) < 4.78 is 5.41. The zero-order chi connectivity index (χ0) is 12.6. The molecule has 1 aliphatic carbocycles. The molecule has 0 aromatic carbocycles. The van der Waals surface area contributed by atoms with Crippen LogP contribution in [-0.4, -0.2) is 50.3 Å². The summed E-state index contributed by atoms with van der Waals surface area (Å²) in [5, 5.41) is 3.72. The second-order valence-electron chi connectivity index (χ2n) is 5.92. The molecule has 1 heterocycles. The van der Waals surface area contributed by atoms with Crippen molar-refractivity contribution in [3.63, 3.8) is 0 Å². The highest BCUT2D eigenvalue weighted by Gasteiger charge is 2.20. The molecular weight excluding hydrogens is 224 g/mol. The molecule has 1 saturated carbocycles. The number of nitrogens with zero attached hydrogens (tertiary/aromatic N) is 1. The Balaban J connectivity index is 1.48. The maximum atomic E-state index is 5.41. The molecule has 18 heavy (non-hydrogen) atoms. The van der Waals surface area contributed by atoms with Crippen LogP contribution in [0.5, 0.6) is 0 Å². The molecule has 2 aliphatic rings. The minimum absolute atomic E-state index is 0.524. The summed E-state index contributed by atoms with van der Waals surface area (Å²) in [5.74, 6) is 0. The third-order valence-electron chi connectivity index (χ3n) is 4.54. The van der Waals surface area contributed by atoms with Crippen LogP contribution >= 0.6 is 0 Å². The lowest BCUT2D eigenvalue weighted by Crippen LogP contribution is -2.37. The fourth-order valence-corrected chi connectivity index (χ4v) is 3.29. The molecule has 1 N–H and O–H groups in total. The van der Waals surface area contributed by atoms with Gasteiger partial charge in [0.15, 0.2) is 0 Å². The fraction of sp³-hybridized carbons (Fsp3) is 1.00. The standard InChI is InChI=1S/C15H30N2O/c1-18-15-8-6-14(7-9-15)16-10-5-13-17-11-3-2-4-12-17/h14-16H,2-13H2,1H3. The van der Waals surface area contributed by atoms with Gasteiger partial charge >= 0.3 is 0 Å². The summed E-state index contributed by atoms with van der Waals surface area (Å²) in [4.78, 5) is 2.63. The van der Waals surface area contributed by atoms with Gasteiger partial charge in [0, 0.05) is 13.2 Å². The second kappa shape index (κ2) is 8.13. The van der Waals surface area contributed by atoms with Crippen LogP contribution < -0.4 is 5.32 Å². The van der Waals surface area contributed by atoms with E-state index in [1.54, 1.807) is 0 Å². The van der Waals surface area contributed by atoms with Crippen LogP contribution in [-0.2, 0) is 4.74 Å². The predicted molar refractivity (Wildman–Crippen MR) is 76.0 cm³/mol. The monoisotopic (exact) mass is 254 g/mol. The van der Waals surface area contributed by atoms with Crippen molar-refractivity contribution in [1.82, 2.24) is 10.2 Å². The maximum Gasteiger partial charge on any atom is 0.0572 e. The molecule has 2 rings (SSSR count). The molecule has 0 bridgehead atoms. The van der Waals surface area contributed by atoms with Gasteiger partial charge in [-0.25, -0.2) is 0 Å². The van der Waals surface area contributed by atoms with E-state index in [2.05, 4.69) is 10.2 Å². The number of nitrogens with one attached hydrogen (secondary N) is 1. The Morgan fingerprint density at radius 2 is 1.78 bits per heavy atom. The summed E-state index contributed by atoms with van der Waals surface area (Å²) >= 11 is 0. The van der Waals surface area contributed by atoms with E-state index in [0.717, 1.165) is 6.04 Å². The molecule has 2 fully saturated rings. The van der Waals surface area contributed by atoms with Gasteiger partial charge in [-0.1, -0.05) is 6.42 Å². The fourth-order valence-electron chi connectivity index (χ4n) is 3.29. The molecule has 0 unspecified atom stereocenters. The van der Waals surface area contributed by atoms with Crippen LogP contribution in [0, 0.1) is 0 Å². The van der Waals surface area contributed by atoms with Gasteiger partial charge < -0.3 is 15.0 Å². The molecule has 1 saturated heterocycles. The summed E-state index contributed by atoms with van der Waals surface area (Å²) in [7, 11) is 1.84. The highest BCUT2D eigenvalue weighted by atomic mass is 16.5. The van der Waals surface area contributed by atoms with Crippen LogP contribution in [0.25, 0.3) is 0 Å². The smallest absolute Gasteiger partial charge is 0.0572 e. The van der Waals surface area contributed by atoms with E-state index in [1.807, 2.05) is 7.11 Å². The van der Waals surface area contributed by atoms with E-state index in [9.17, 15) is 0 Å². The van der Waals surface area contributed by atoms with Crippen molar-refractivity contribution in [2.24, 2.45) is 0 Å². The van der Waals surface area contributed by atoms with Crippen molar-refractivity contribution in [1.29, 1.82) is 0 Å². The summed E-state index contributed by atoms with van der Waals surface area (Å²) in [5.41, 5.74) is 0. The Morgan fingerprint density at radius 1 is 1.06 bits per heavy atom. The zero-order valence-electron chi connectivity index (χ0n) is 12.0. The number of methoxy groups -OCH3 is 1. The van der Waals surface area contributed by atoms with Crippen molar-refractivity contribution in [2.45, 2.75) is 63.5 Å². The number of ether oxygens (including phenoxy) is 1. The Kier molecular flexibility index (Phi) is 6.46. The minimum atomic E-state index is 0.524. The Hall–Kier alpha value is -0.120. The van der Waals surface area contributed by atoms with Crippen molar-refractivity contribution < 1.29 is 4.74 Å². The average molecular weight is 254 g/mol. The van der Waals surface area contributed by atoms with Gasteiger partial charge in [0.1, 0.15) is 0 Å². The second-order valence-corrected chi connectivity index (χ2v) is 5.92. The summed E-state index contributed by atoms with van der Waals surface area (Å²) in [6.07, 6.45) is 11.2. The first kappa shape index (κ1) is 14.3. The lowest BCUT2D eigenvalue weighted by Gasteiger charge is -2.29. The van der Waals surface area contributed by atoms with Crippen LogP contribution in [0.4, 0.5) is 0 Å². The molecule has 3 heteroatoms. The van der Waals surface area contributed by atoms with Gasteiger partial charge in [0.05, 0.1) is 6.10 Å². The Morgan fingerprint density at radius 3 is 2.44 bits per heavy atom. The molecule has 1 aliphatic heterocycles. The van der Waals surface area contributed by atoms with Crippen molar-refractivity contribution in [3.05, 3.63) is 0 Å². The summed E-state index contributed by atoms with van der Waals surface area (Å²) in [6, 6.07) is 0.748. The first-order valence-corrected chi connectivity index (χ1v) is 7.87. The lowest BCUT2D eigenvalue weighted by atomic mass is 9.93. The van der Waals surface area contributed by atoms with Gasteiger partial charge in [-0.3, -0.25) is 0 Å². The highest BCUT2D eigenvalue weighted by Crippen LogP contribution is 2.20. The highest BCUT2D eigenvalue weighted by molar-refractivity contribution is 4.77. The third-order valence-corrected chi connectivity index (χ3v) is 4.54. The van der Waals surface area contributed by atoms with Crippen molar-refractivity contribution in [3.8, 4) is 0 Å². The lowest BCUT2D eigenvalue weighted by molar-refractivity contribution is 0.0624. The van der Waals surface area contributed by atoms with E-state index < -0.39 is 0 Å². The van der Waals surface area contributed by atoms with E-state index in [-0.39, 0.29) is 0 Å². The molecule has 0 atom stereocenters. The quantitative estimate of drug-likeness (QED) is 0.737. The number of hydrogen-bond donors (Lipinski definition) is 1. The number of hydrogen-bond acceptors (Lipinski definition) is 3. The SMILES string of the molecule is COC1CCC(NCCCN2CCCCC2)CC1. The largest absolute Gasteiger partial charge is 0.381 e. The van der Waals surface area contributed by atoms with Gasteiger partial charge in [-0.05, 0) is 71.1 Å². The first-order valence-electron chi connectivity index (χ1n) is 7.87. The average Bonchev–Trinajstić information content (AvgIpc) is 2.45. The molecule has 0 aromatic rings.